The number of H-pyrrole nitrogens is 1. The summed E-state index contributed by atoms with van der Waals surface area (Å²) in [4.78, 5) is 17.0. The normalized spacial score (nSPS) is 15.8. The molecule has 0 radical (unpaired) electrons. The molecule has 0 bridgehead atoms. The number of carbonyl (C=O) groups excluding carboxylic acids is 1. The molecule has 1 atom stereocenters. The molecule has 0 aliphatic carbocycles. The first-order chi connectivity index (χ1) is 12.7. The highest BCUT2D eigenvalue weighted by Crippen LogP contribution is 2.36. The van der Waals surface area contributed by atoms with Gasteiger partial charge in [-0.25, -0.2) is 4.98 Å². The van der Waals surface area contributed by atoms with Gasteiger partial charge in [-0.1, -0.05) is 30.3 Å². The average molecular weight is 348 g/mol. The molecule has 132 valence electrons. The third-order valence-corrected chi connectivity index (χ3v) is 4.55. The molecular weight excluding hydrogens is 328 g/mol. The van der Waals surface area contributed by atoms with Gasteiger partial charge >= 0.3 is 0 Å². The monoisotopic (exact) mass is 348 g/mol. The Morgan fingerprint density at radius 2 is 2.04 bits per heavy atom. The largest absolute Gasteiger partial charge is 0.493 e. The van der Waals surface area contributed by atoms with Gasteiger partial charge in [0.25, 0.3) is 0 Å². The number of fused-ring (bicyclic) bond motifs is 1. The second-order valence-electron chi connectivity index (χ2n) is 6.41. The van der Waals surface area contributed by atoms with Gasteiger partial charge in [0, 0.05) is 12.0 Å². The minimum absolute atomic E-state index is 0.0218. The van der Waals surface area contributed by atoms with E-state index < -0.39 is 0 Å². The molecule has 26 heavy (non-hydrogen) atoms. The average Bonchev–Trinajstić information content (AvgIpc) is 3.09. The van der Waals surface area contributed by atoms with Crippen LogP contribution in [-0.4, -0.2) is 27.7 Å². The molecule has 0 fully saturated rings. The van der Waals surface area contributed by atoms with Gasteiger partial charge in [0.15, 0.2) is 5.82 Å². The van der Waals surface area contributed by atoms with Gasteiger partial charge in [-0.15, -0.1) is 0 Å². The number of para-hydroxylation sites is 2. The summed E-state index contributed by atoms with van der Waals surface area (Å²) in [6.45, 7) is 2.49. The Balaban J connectivity index is 1.52. The van der Waals surface area contributed by atoms with Crippen molar-refractivity contribution in [3.05, 3.63) is 59.9 Å². The molecule has 0 spiro atoms. The summed E-state index contributed by atoms with van der Waals surface area (Å²) >= 11 is 0. The Morgan fingerprint density at radius 1 is 1.23 bits per heavy atom. The third kappa shape index (κ3) is 3.31. The Morgan fingerprint density at radius 3 is 2.88 bits per heavy atom. The van der Waals surface area contributed by atoms with Crippen LogP contribution in [0.4, 0.5) is 5.69 Å². The van der Waals surface area contributed by atoms with Crippen LogP contribution < -0.4 is 10.1 Å². The van der Waals surface area contributed by atoms with Gasteiger partial charge < -0.3 is 10.1 Å². The maximum Gasteiger partial charge on any atom is 0.225 e. The summed E-state index contributed by atoms with van der Waals surface area (Å²) in [5.41, 5.74) is 2.63. The number of benzene rings is 2. The van der Waals surface area contributed by atoms with Gasteiger partial charge in [-0.2, -0.15) is 5.10 Å². The standard InChI is InChI=1S/C20H20N4O2/c1-13-21-20(24-23-13)16-7-2-4-8-17(16)22-19(25)12-14-10-11-26-18-9-5-3-6-15(14)18/h2-9,14H,10-12H2,1H3,(H,22,25)(H,21,23,24)/t14-/m0/s1. The fraction of sp³-hybridized carbons (Fsp3) is 0.250. The molecule has 2 heterocycles. The van der Waals surface area contributed by atoms with Crippen molar-refractivity contribution in [2.75, 3.05) is 11.9 Å². The smallest absolute Gasteiger partial charge is 0.225 e. The summed E-state index contributed by atoms with van der Waals surface area (Å²) in [7, 11) is 0. The predicted molar refractivity (Wildman–Crippen MR) is 99.1 cm³/mol. The van der Waals surface area contributed by atoms with E-state index in [0.29, 0.717) is 18.9 Å². The highest BCUT2D eigenvalue weighted by Gasteiger charge is 2.24. The lowest BCUT2D eigenvalue weighted by Crippen LogP contribution is -2.21. The van der Waals surface area contributed by atoms with Gasteiger partial charge in [-0.05, 0) is 43.0 Å². The summed E-state index contributed by atoms with van der Waals surface area (Å²) in [5.74, 6) is 2.34. The minimum atomic E-state index is -0.0218. The summed E-state index contributed by atoms with van der Waals surface area (Å²) in [6.07, 6.45) is 1.26. The van der Waals surface area contributed by atoms with E-state index in [2.05, 4.69) is 20.5 Å². The number of hydrogen-bond donors (Lipinski definition) is 2. The molecule has 6 heteroatoms. The number of amides is 1. The highest BCUT2D eigenvalue weighted by atomic mass is 16.5. The lowest BCUT2D eigenvalue weighted by molar-refractivity contribution is -0.116. The lowest BCUT2D eigenvalue weighted by Gasteiger charge is -2.25. The Hall–Kier alpha value is -3.15. The number of ether oxygens (including phenoxy) is 1. The number of aromatic nitrogens is 3. The number of rotatable bonds is 4. The number of nitrogens with zero attached hydrogens (tertiary/aromatic N) is 2. The summed E-state index contributed by atoms with van der Waals surface area (Å²) < 4.78 is 5.68. The van der Waals surface area contributed by atoms with Gasteiger partial charge in [0.1, 0.15) is 11.6 Å². The molecule has 3 aromatic rings. The van der Waals surface area contributed by atoms with Crippen molar-refractivity contribution >= 4 is 11.6 Å². The van der Waals surface area contributed by atoms with E-state index in [9.17, 15) is 4.79 Å². The molecule has 2 N–H and O–H groups in total. The second kappa shape index (κ2) is 7.00. The minimum Gasteiger partial charge on any atom is -0.493 e. The molecule has 1 aliphatic rings. The quantitative estimate of drug-likeness (QED) is 0.754. The van der Waals surface area contributed by atoms with Crippen LogP contribution in [0.25, 0.3) is 11.4 Å². The highest BCUT2D eigenvalue weighted by molar-refractivity contribution is 5.95. The van der Waals surface area contributed by atoms with Gasteiger partial charge in [0.2, 0.25) is 5.91 Å². The van der Waals surface area contributed by atoms with E-state index >= 15 is 0 Å². The number of carbonyl (C=O) groups is 1. The number of aryl methyl sites for hydroxylation is 1. The van der Waals surface area contributed by atoms with Crippen LogP contribution in [0.5, 0.6) is 5.75 Å². The summed E-state index contributed by atoms with van der Waals surface area (Å²) in [6, 6.07) is 15.5. The van der Waals surface area contributed by atoms with Crippen molar-refractivity contribution in [1.29, 1.82) is 0 Å². The Kier molecular flexibility index (Phi) is 4.39. The Bertz CT molecular complexity index is 935. The third-order valence-electron chi connectivity index (χ3n) is 4.55. The van der Waals surface area contributed by atoms with Crippen molar-refractivity contribution in [2.24, 2.45) is 0 Å². The number of nitrogens with one attached hydrogen (secondary N) is 2. The van der Waals surface area contributed by atoms with Crippen LogP contribution in [0, 0.1) is 6.92 Å². The zero-order valence-electron chi connectivity index (χ0n) is 14.5. The van der Waals surface area contributed by atoms with Crippen LogP contribution in [-0.2, 0) is 4.79 Å². The van der Waals surface area contributed by atoms with Crippen LogP contribution in [0.1, 0.15) is 30.1 Å². The molecular formula is C20H20N4O2. The molecule has 4 rings (SSSR count). The van der Waals surface area contributed by atoms with Crippen molar-refractivity contribution < 1.29 is 9.53 Å². The SMILES string of the molecule is Cc1nc(-c2ccccc2NC(=O)C[C@@H]2CCOc3ccccc32)n[nH]1. The summed E-state index contributed by atoms with van der Waals surface area (Å²) in [5, 5.41) is 10.1. The number of anilines is 1. The van der Waals surface area contributed by atoms with E-state index in [1.807, 2.05) is 55.5 Å². The van der Waals surface area contributed by atoms with Crippen LogP contribution >= 0.6 is 0 Å². The van der Waals surface area contributed by atoms with Gasteiger partial charge in [0.05, 0.1) is 12.3 Å². The van der Waals surface area contributed by atoms with Crippen molar-refractivity contribution in [2.45, 2.75) is 25.7 Å². The number of hydrogen-bond acceptors (Lipinski definition) is 4. The first-order valence-corrected chi connectivity index (χ1v) is 8.70. The lowest BCUT2D eigenvalue weighted by atomic mass is 9.90. The van der Waals surface area contributed by atoms with E-state index in [-0.39, 0.29) is 11.8 Å². The zero-order chi connectivity index (χ0) is 17.9. The second-order valence-corrected chi connectivity index (χ2v) is 6.41. The molecule has 6 nitrogen and oxygen atoms in total. The van der Waals surface area contributed by atoms with Crippen LogP contribution in [0.2, 0.25) is 0 Å². The van der Waals surface area contributed by atoms with Crippen LogP contribution in [0.15, 0.2) is 48.5 Å². The van der Waals surface area contributed by atoms with E-state index in [0.717, 1.165) is 34.8 Å². The predicted octanol–water partition coefficient (Wildman–Crippen LogP) is 3.68. The van der Waals surface area contributed by atoms with Crippen LogP contribution in [0.3, 0.4) is 0 Å². The topological polar surface area (TPSA) is 79.9 Å². The molecule has 2 aromatic carbocycles. The van der Waals surface area contributed by atoms with E-state index in [4.69, 9.17) is 4.74 Å². The Labute approximate surface area is 151 Å². The molecule has 0 saturated carbocycles. The molecule has 1 aromatic heterocycles. The van der Waals surface area contributed by atoms with Crippen molar-refractivity contribution in [3.8, 4) is 17.1 Å². The van der Waals surface area contributed by atoms with E-state index in [1.165, 1.54) is 0 Å². The fourth-order valence-corrected chi connectivity index (χ4v) is 3.30. The first kappa shape index (κ1) is 16.3. The van der Waals surface area contributed by atoms with Crippen molar-refractivity contribution in [3.63, 3.8) is 0 Å². The molecule has 0 saturated heterocycles. The molecule has 0 unspecified atom stereocenters. The van der Waals surface area contributed by atoms with Crippen molar-refractivity contribution in [1.82, 2.24) is 15.2 Å². The first-order valence-electron chi connectivity index (χ1n) is 8.70. The maximum absolute atomic E-state index is 12.7. The van der Waals surface area contributed by atoms with Gasteiger partial charge in [-0.3, -0.25) is 9.89 Å². The molecule has 1 aliphatic heterocycles. The fourth-order valence-electron chi connectivity index (χ4n) is 3.30. The number of aromatic amines is 1. The van der Waals surface area contributed by atoms with E-state index in [1.54, 1.807) is 0 Å². The zero-order valence-corrected chi connectivity index (χ0v) is 14.5. The molecule has 1 amide bonds. The maximum atomic E-state index is 12.7.